The molecule has 3 aromatic carbocycles. The van der Waals surface area contributed by atoms with E-state index in [1.54, 1.807) is 6.07 Å². The minimum absolute atomic E-state index is 0.221. The largest absolute Gasteiger partial charge is 0.438 e. The highest BCUT2D eigenvalue weighted by atomic mass is 16.3. The first-order valence-electron chi connectivity index (χ1n) is 7.99. The van der Waals surface area contributed by atoms with Gasteiger partial charge in [0.15, 0.2) is 0 Å². The Hall–Kier alpha value is -3.40. The van der Waals surface area contributed by atoms with Gasteiger partial charge in [-0.1, -0.05) is 48.0 Å². The summed E-state index contributed by atoms with van der Waals surface area (Å²) in [5.41, 5.74) is 8.56. The van der Waals surface area contributed by atoms with Gasteiger partial charge in [-0.2, -0.15) is 0 Å². The van der Waals surface area contributed by atoms with Gasteiger partial charge in [-0.15, -0.1) is 0 Å². The quantitative estimate of drug-likeness (QED) is 0.560. The van der Waals surface area contributed by atoms with Gasteiger partial charge < -0.3 is 10.2 Å². The number of hydrogen-bond acceptors (Lipinski definition) is 3. The molecule has 1 aromatic heterocycles. The zero-order valence-corrected chi connectivity index (χ0v) is 13.7. The van der Waals surface area contributed by atoms with Crippen molar-refractivity contribution in [2.75, 3.05) is 0 Å². The van der Waals surface area contributed by atoms with Gasteiger partial charge in [-0.25, -0.2) is 4.99 Å². The number of hydrogen-bond donors (Lipinski definition) is 1. The van der Waals surface area contributed by atoms with Crippen molar-refractivity contribution in [2.24, 2.45) is 10.7 Å². The molecule has 0 aliphatic carbocycles. The first-order valence-corrected chi connectivity index (χ1v) is 7.99. The van der Waals surface area contributed by atoms with Gasteiger partial charge in [0.1, 0.15) is 11.1 Å². The summed E-state index contributed by atoms with van der Waals surface area (Å²) in [7, 11) is 0. The lowest BCUT2D eigenvalue weighted by Crippen LogP contribution is -2.21. The highest BCUT2D eigenvalue weighted by molar-refractivity contribution is 6.07. The molecule has 0 unspecified atom stereocenters. The minimum Gasteiger partial charge on any atom is -0.438 e. The molecular formula is C21H16N2O2. The maximum atomic E-state index is 11.9. The molecule has 4 heteroatoms. The number of aryl methyl sites for hydroxylation is 1. The minimum atomic E-state index is -0.565. The predicted molar refractivity (Wildman–Crippen MR) is 98.6 cm³/mol. The molecule has 0 fully saturated rings. The van der Waals surface area contributed by atoms with Crippen LogP contribution in [0.1, 0.15) is 15.9 Å². The van der Waals surface area contributed by atoms with Crippen LogP contribution in [-0.4, -0.2) is 5.91 Å². The van der Waals surface area contributed by atoms with Crippen LogP contribution in [0.5, 0.6) is 0 Å². The Morgan fingerprint density at radius 2 is 1.72 bits per heavy atom. The summed E-state index contributed by atoms with van der Waals surface area (Å²) >= 11 is 0. The molecule has 0 saturated carbocycles. The predicted octanol–water partition coefficient (Wildman–Crippen LogP) is 4.23. The molecular weight excluding hydrogens is 312 g/mol. The van der Waals surface area contributed by atoms with Gasteiger partial charge in [-0.3, -0.25) is 4.79 Å². The summed E-state index contributed by atoms with van der Waals surface area (Å²) in [4.78, 5) is 16.4. The third-order valence-corrected chi connectivity index (χ3v) is 4.19. The van der Waals surface area contributed by atoms with Crippen LogP contribution in [0.4, 0.5) is 5.69 Å². The fourth-order valence-corrected chi connectivity index (χ4v) is 2.87. The number of fused-ring (bicyclic) bond motifs is 3. The van der Waals surface area contributed by atoms with E-state index in [2.05, 4.69) is 4.99 Å². The van der Waals surface area contributed by atoms with E-state index in [0.29, 0.717) is 11.3 Å². The highest BCUT2D eigenvalue weighted by Gasteiger charge is 2.11. The standard InChI is InChI=1S/C21H16N2O2/c1-13-6-9-15(10-7-13)23-21-18(20(22)24)12-17-16-5-3-2-4-14(16)8-11-19(17)25-21/h2-12H,1H3,(H2,22,24). The summed E-state index contributed by atoms with van der Waals surface area (Å²) in [6.07, 6.45) is 0. The number of carbonyl (C=O) groups is 1. The molecule has 0 aliphatic rings. The second kappa shape index (κ2) is 5.91. The number of carbonyl (C=O) groups excluding carboxylic acids is 1. The van der Waals surface area contributed by atoms with Crippen LogP contribution in [0, 0.1) is 6.92 Å². The molecule has 0 radical (unpaired) electrons. The van der Waals surface area contributed by atoms with Crippen molar-refractivity contribution in [1.82, 2.24) is 0 Å². The molecule has 0 spiro atoms. The monoisotopic (exact) mass is 328 g/mol. The number of benzene rings is 3. The van der Waals surface area contributed by atoms with Crippen LogP contribution in [0.2, 0.25) is 0 Å². The SMILES string of the molecule is Cc1ccc(N=c2oc3ccc4ccccc4c3cc2C(N)=O)cc1. The highest BCUT2D eigenvalue weighted by Crippen LogP contribution is 2.25. The number of nitrogens with two attached hydrogens (primary N) is 1. The van der Waals surface area contributed by atoms with Crippen molar-refractivity contribution < 1.29 is 9.21 Å². The maximum absolute atomic E-state index is 11.9. The Bertz CT molecular complexity index is 1170. The van der Waals surface area contributed by atoms with E-state index in [1.165, 1.54) is 0 Å². The molecule has 1 heterocycles. The second-order valence-electron chi connectivity index (χ2n) is 5.98. The van der Waals surface area contributed by atoms with Gasteiger partial charge in [0, 0.05) is 5.39 Å². The van der Waals surface area contributed by atoms with Crippen molar-refractivity contribution in [3.8, 4) is 0 Å². The average molecular weight is 328 g/mol. The molecule has 0 aliphatic heterocycles. The Morgan fingerprint density at radius 1 is 0.960 bits per heavy atom. The van der Waals surface area contributed by atoms with Crippen LogP contribution >= 0.6 is 0 Å². The molecule has 25 heavy (non-hydrogen) atoms. The van der Waals surface area contributed by atoms with Gasteiger partial charge in [0.25, 0.3) is 5.91 Å². The molecule has 0 saturated heterocycles. The smallest absolute Gasteiger partial charge is 0.254 e. The van der Waals surface area contributed by atoms with Crippen LogP contribution in [-0.2, 0) is 0 Å². The van der Waals surface area contributed by atoms with Crippen molar-refractivity contribution >= 4 is 33.3 Å². The van der Waals surface area contributed by atoms with Gasteiger partial charge >= 0.3 is 0 Å². The van der Waals surface area contributed by atoms with Crippen LogP contribution in [0.3, 0.4) is 0 Å². The molecule has 4 nitrogen and oxygen atoms in total. The van der Waals surface area contributed by atoms with E-state index in [0.717, 1.165) is 21.7 Å². The van der Waals surface area contributed by atoms with E-state index < -0.39 is 5.91 Å². The van der Waals surface area contributed by atoms with Crippen LogP contribution in [0.25, 0.3) is 21.7 Å². The maximum Gasteiger partial charge on any atom is 0.254 e. The van der Waals surface area contributed by atoms with E-state index in [9.17, 15) is 4.79 Å². The number of primary amides is 1. The topological polar surface area (TPSA) is 68.6 Å². The number of rotatable bonds is 2. The van der Waals surface area contributed by atoms with Crippen LogP contribution in [0.15, 0.2) is 76.1 Å². The molecule has 0 atom stereocenters. The van der Waals surface area contributed by atoms with Gasteiger partial charge in [-0.05, 0) is 42.0 Å². The lowest BCUT2D eigenvalue weighted by atomic mass is 10.0. The number of amides is 1. The van der Waals surface area contributed by atoms with Crippen molar-refractivity contribution in [1.29, 1.82) is 0 Å². The second-order valence-corrected chi connectivity index (χ2v) is 5.98. The first kappa shape index (κ1) is 15.1. The summed E-state index contributed by atoms with van der Waals surface area (Å²) in [5.74, 6) is -0.565. The van der Waals surface area contributed by atoms with E-state index >= 15 is 0 Å². The molecule has 0 bridgehead atoms. The molecule has 1 amide bonds. The molecule has 2 N–H and O–H groups in total. The zero-order valence-electron chi connectivity index (χ0n) is 13.7. The zero-order chi connectivity index (χ0) is 17.4. The van der Waals surface area contributed by atoms with E-state index in [1.807, 2.05) is 67.6 Å². The molecule has 122 valence electrons. The summed E-state index contributed by atoms with van der Waals surface area (Å²) in [5, 5.41) is 2.92. The average Bonchev–Trinajstić information content (AvgIpc) is 2.62. The lowest BCUT2D eigenvalue weighted by Gasteiger charge is -2.05. The third-order valence-electron chi connectivity index (χ3n) is 4.19. The Balaban J connectivity index is 2.04. The van der Waals surface area contributed by atoms with Gasteiger partial charge in [0.05, 0.1) is 5.69 Å². The lowest BCUT2D eigenvalue weighted by molar-refractivity contribution is 0.0996. The summed E-state index contributed by atoms with van der Waals surface area (Å²) in [6.45, 7) is 2.00. The molecule has 4 aromatic rings. The Morgan fingerprint density at radius 3 is 2.48 bits per heavy atom. The number of nitrogens with zero attached hydrogens (tertiary/aromatic N) is 1. The van der Waals surface area contributed by atoms with E-state index in [4.69, 9.17) is 10.2 Å². The molecule has 4 rings (SSSR count). The first-order chi connectivity index (χ1) is 12.1. The summed E-state index contributed by atoms with van der Waals surface area (Å²) < 4.78 is 5.93. The van der Waals surface area contributed by atoms with Crippen molar-refractivity contribution in [3.05, 3.63) is 83.4 Å². The Kier molecular flexibility index (Phi) is 3.58. The summed E-state index contributed by atoms with van der Waals surface area (Å²) in [6, 6.07) is 21.2. The Labute approximate surface area is 144 Å². The fourth-order valence-electron chi connectivity index (χ4n) is 2.87. The van der Waals surface area contributed by atoms with Crippen molar-refractivity contribution in [2.45, 2.75) is 6.92 Å². The van der Waals surface area contributed by atoms with Crippen LogP contribution < -0.4 is 11.3 Å². The van der Waals surface area contributed by atoms with Gasteiger partial charge in [0.2, 0.25) is 5.55 Å². The van der Waals surface area contributed by atoms with Crippen molar-refractivity contribution in [3.63, 3.8) is 0 Å². The normalized spacial score (nSPS) is 12.0. The fraction of sp³-hybridized carbons (Fsp3) is 0.0476. The van der Waals surface area contributed by atoms with E-state index in [-0.39, 0.29) is 11.1 Å². The third kappa shape index (κ3) is 2.78.